The van der Waals surface area contributed by atoms with E-state index in [-0.39, 0.29) is 84.5 Å². The van der Waals surface area contributed by atoms with Gasteiger partial charge in [-0.15, -0.1) is 0 Å². The van der Waals surface area contributed by atoms with Gasteiger partial charge in [0, 0.05) is 207 Å². The van der Waals surface area contributed by atoms with Crippen molar-refractivity contribution in [2.75, 3.05) is 164 Å². The third-order valence-electron chi connectivity index (χ3n) is 24.7. The van der Waals surface area contributed by atoms with Crippen molar-refractivity contribution >= 4 is 151 Å². The van der Waals surface area contributed by atoms with E-state index in [1.54, 1.807) is 12.1 Å². The van der Waals surface area contributed by atoms with Gasteiger partial charge in [-0.05, 0) is 214 Å². The predicted octanol–water partition coefficient (Wildman–Crippen LogP) is 24.5. The summed E-state index contributed by atoms with van der Waals surface area (Å²) in [5.74, 6) is 21.7. The number of anilines is 4. The monoisotopic (exact) mass is 2140 g/mol. The van der Waals surface area contributed by atoms with Crippen LogP contribution in [0.4, 0.5) is 34.1 Å². The average Bonchev–Trinajstić information content (AvgIpc) is 1.61. The fourth-order valence-electron chi connectivity index (χ4n) is 18.1. The highest BCUT2D eigenvalue weighted by Gasteiger charge is 2.46. The summed E-state index contributed by atoms with van der Waals surface area (Å²) in [5.41, 5.74) is 23.8. The van der Waals surface area contributed by atoms with E-state index < -0.39 is 0 Å². The number of allylic oxidation sites excluding steroid dienone is 15. The molecule has 0 bridgehead atoms. The minimum absolute atomic E-state index is 0. The Balaban J connectivity index is 0.000000327. The van der Waals surface area contributed by atoms with Crippen molar-refractivity contribution in [1.82, 2.24) is 0 Å². The van der Waals surface area contributed by atoms with Crippen LogP contribution >= 0.6 is 106 Å². The van der Waals surface area contributed by atoms with Crippen LogP contribution in [-0.2, 0) is 21.7 Å². The van der Waals surface area contributed by atoms with E-state index in [1.165, 1.54) is 182 Å². The maximum atomic E-state index is 9.50. The third-order valence-corrected chi connectivity index (χ3v) is 33.6. The van der Waals surface area contributed by atoms with Crippen LogP contribution in [-0.4, -0.2) is 170 Å². The first-order chi connectivity index (χ1) is 60.6. The van der Waals surface area contributed by atoms with Crippen LogP contribution in [0.25, 0.3) is 0 Å². The lowest BCUT2D eigenvalue weighted by Gasteiger charge is -2.27. The van der Waals surface area contributed by atoms with E-state index in [1.807, 2.05) is 82.7 Å². The number of halogens is 3. The molecule has 0 fully saturated rings. The van der Waals surface area contributed by atoms with Crippen LogP contribution in [0.5, 0.6) is 11.5 Å². The van der Waals surface area contributed by atoms with Crippen molar-refractivity contribution in [2.24, 2.45) is 0 Å². The lowest BCUT2D eigenvalue weighted by Crippen LogP contribution is -3.00. The molecule has 0 atom stereocenters. The summed E-state index contributed by atoms with van der Waals surface area (Å²) in [5, 5.41) is 10.4. The van der Waals surface area contributed by atoms with Gasteiger partial charge in [-0.2, -0.15) is 103 Å². The number of phenolic OH excluding ortho intramolecular Hbond substituents is 1. The normalized spacial score (nSPS) is 17.4. The number of aromatic hydroxyl groups is 1. The number of hydrogen-bond acceptors (Lipinski definition) is 14. The van der Waals surface area contributed by atoms with Gasteiger partial charge >= 0.3 is 0 Å². The smallest absolute Gasteiger partial charge is 0.209 e. The second-order valence-corrected chi connectivity index (χ2v) is 45.7. The second kappa shape index (κ2) is 58.5. The number of para-hydroxylation sites is 4. The van der Waals surface area contributed by atoms with Gasteiger partial charge < -0.3 is 77.4 Å². The summed E-state index contributed by atoms with van der Waals surface area (Å²) in [6.07, 6.45) is 29.6. The zero-order valence-corrected chi connectivity index (χ0v) is 91.1. The maximum Gasteiger partial charge on any atom is 0.209 e. The van der Waals surface area contributed by atoms with Crippen molar-refractivity contribution in [1.29, 1.82) is 0 Å². The Morgan fingerprint density at radius 3 is 1.13 bits per heavy atom. The summed E-state index contributed by atoms with van der Waals surface area (Å²) in [7, 11) is 0. The molecule has 4 heterocycles. The lowest BCUT2D eigenvalue weighted by molar-refractivity contribution is -0.437. The van der Waals surface area contributed by atoms with Crippen LogP contribution < -0.4 is 72.3 Å². The van der Waals surface area contributed by atoms with Gasteiger partial charge in [0.25, 0.3) is 0 Å². The van der Waals surface area contributed by atoms with E-state index in [0.717, 1.165) is 145 Å². The first-order valence-corrected chi connectivity index (χ1v) is 56.5. The molecule has 6 aliphatic rings. The van der Waals surface area contributed by atoms with Crippen LogP contribution in [0.3, 0.4) is 0 Å². The molecule has 0 saturated heterocycles. The summed E-state index contributed by atoms with van der Waals surface area (Å²) >= 11 is 23.5. The largest absolute Gasteiger partial charge is 1.00 e. The number of rotatable bonds is 46. The Labute approximate surface area is 857 Å². The van der Waals surface area contributed by atoms with Crippen molar-refractivity contribution in [3.05, 3.63) is 261 Å². The Morgan fingerprint density at radius 1 is 0.388 bits per heavy atom. The Hall–Kier alpha value is -4.07. The minimum atomic E-state index is -0.0882. The van der Waals surface area contributed by atoms with E-state index >= 15 is 0 Å². The van der Waals surface area contributed by atoms with Gasteiger partial charge in [0.15, 0.2) is 11.4 Å². The Bertz CT molecular complexity index is 4720. The predicted molar refractivity (Wildman–Crippen MR) is 586 cm³/mol. The van der Waals surface area contributed by atoms with Crippen LogP contribution in [0.1, 0.15) is 212 Å². The van der Waals surface area contributed by atoms with Gasteiger partial charge in [0.2, 0.25) is 11.4 Å². The van der Waals surface area contributed by atoms with Gasteiger partial charge in [0.1, 0.15) is 30.3 Å². The third kappa shape index (κ3) is 31.0. The first-order valence-electron chi connectivity index (χ1n) is 46.9. The molecule has 2 aliphatic carbocycles. The van der Waals surface area contributed by atoms with Crippen molar-refractivity contribution < 1.29 is 66.9 Å². The highest BCUT2D eigenvalue weighted by Crippen LogP contribution is 2.51. The molecule has 19 heteroatoms. The minimum Gasteiger partial charge on any atom is -1.00 e. The summed E-state index contributed by atoms with van der Waals surface area (Å²) < 4.78 is 12.2. The van der Waals surface area contributed by atoms with Crippen LogP contribution in [0.15, 0.2) is 239 Å². The topological polar surface area (TPSA) is 48.4 Å². The van der Waals surface area contributed by atoms with Gasteiger partial charge in [-0.3, -0.25) is 0 Å². The fourth-order valence-corrected chi connectivity index (χ4v) is 25.6. The number of fused-ring (bicyclic) bond motifs is 4. The van der Waals surface area contributed by atoms with Gasteiger partial charge in [-0.25, -0.2) is 0 Å². The Morgan fingerprint density at radius 2 is 0.736 bits per heavy atom. The molecular weight excluding hydrogens is 1980 g/mol. The van der Waals surface area contributed by atoms with Crippen LogP contribution in [0.2, 0.25) is 0 Å². The molecule has 0 saturated carbocycles. The van der Waals surface area contributed by atoms with Gasteiger partial charge in [-0.1, -0.05) is 201 Å². The molecule has 0 radical (unpaired) electrons. The molecule has 708 valence electrons. The second-order valence-electron chi connectivity index (χ2n) is 34.8. The Kier molecular flexibility index (Phi) is 51.5. The molecule has 0 amide bonds. The number of nitrogens with zero attached hydrogens (tertiary/aromatic N) is 6. The molecule has 12 rings (SSSR count). The van der Waals surface area contributed by atoms with E-state index in [0.29, 0.717) is 5.75 Å². The molecule has 8 nitrogen and oxygen atoms in total. The molecule has 6 aromatic carbocycles. The summed E-state index contributed by atoms with van der Waals surface area (Å²) in [6, 6.07) is 52.4. The SMILES string of the molecule is C.C.CCCN1/C(=C/C=C2\CCCC(/C=C/C3=[N+](CCC)c4ccccc4C3(C)C)=C2Cl)C(C)(C)c2ccccc21.CCCN1/C(=C/C=C2\CCCC(/C=C/C3=[N+](CCC)c4ccccc4C3(C)C)=C2Oc2ccc(N(CCSCCSCC)CCSCCSCC)cc2)C(C)(C)c2ccccc21.CCSCCSCCN(CCSCCSCC)c1ccc(O)cc1.[I-].[I-]. The highest BCUT2D eigenvalue weighted by atomic mass is 127. The van der Waals surface area contributed by atoms with Gasteiger partial charge in [0.05, 0.1) is 10.8 Å². The zero-order chi connectivity index (χ0) is 89.2. The first kappa shape index (κ1) is 114. The van der Waals surface area contributed by atoms with Crippen molar-refractivity contribution in [2.45, 2.75) is 212 Å². The van der Waals surface area contributed by atoms with E-state index in [2.05, 4.69) is 333 Å². The summed E-state index contributed by atoms with van der Waals surface area (Å²) in [4.78, 5) is 10.1. The number of benzene rings is 6. The van der Waals surface area contributed by atoms with Crippen molar-refractivity contribution in [3.63, 3.8) is 0 Å². The highest BCUT2D eigenvalue weighted by molar-refractivity contribution is 8.04. The average molecular weight is 2140 g/mol. The molecule has 0 spiro atoms. The summed E-state index contributed by atoms with van der Waals surface area (Å²) in [6.45, 7) is 45.3. The zero-order valence-electron chi connectivity index (χ0n) is 79.5. The lowest BCUT2D eigenvalue weighted by atomic mass is 9.81. The standard InChI is InChI=1S/C54H74N3OS4.C36H44ClN2.C18H31NOS4.2CH4.2HI/c1-9-32-56-48-22-15-13-20-46(48)53(5,6)50(56)30-24-42-18-17-19-43(25-31-51-54(7,8)47-21-14-16-23-49(47)57(51)33-10-2)52(42)58-45-28-26-44(27-29-45)55(34-36-61-40-38-59-11-3)35-37-62-41-39-60-12-4;1-7-24-38-30-18-11-9-16-28(30)35(3,4)32(38)22-20-26-14-13-15-27(34(26)37)21-23-33-36(5,6)29-17-10-12-19-31(29)39(33)25-8-2;1-3-21-13-15-23-11-9-19(10-12-24-16-14-22-4-2)17-5-7-18(20)8-6-17;;;;/h13-16,20-31H,9-12,17-19,32-41H2,1-8H3;9-12,16-23H,7-8,13-15,24-25H2,1-6H3;5-8,20H,3-4,9-16H2,1-2H3;2*1H4;2*1H/q2*+1;;;;;/p-2. The molecule has 0 unspecified atom stereocenters. The molecule has 1 N–H and O–H groups in total. The molecule has 0 aromatic heterocycles. The van der Waals surface area contributed by atoms with E-state index in [4.69, 9.17) is 16.3 Å². The number of hydrogen-bond donors (Lipinski definition) is 1. The number of ether oxygens (including phenoxy) is 1. The molecule has 4 aliphatic heterocycles. The fraction of sp³-hybridized carbons (Fsp3) is 0.509. The number of phenols is 1. The van der Waals surface area contributed by atoms with Crippen LogP contribution in [0, 0.1) is 0 Å². The van der Waals surface area contributed by atoms with E-state index in [9.17, 15) is 5.11 Å². The molecule has 129 heavy (non-hydrogen) atoms. The number of thioether (sulfide) groups is 8. The molecular formula is C110H157ClI2N6O2S8. The quantitative estimate of drug-likeness (QED) is 0.0224. The molecule has 6 aromatic rings. The van der Waals surface area contributed by atoms with Crippen molar-refractivity contribution in [3.8, 4) is 11.5 Å². The maximum absolute atomic E-state index is 9.50.